The third-order valence-electron chi connectivity index (χ3n) is 6.44. The van der Waals surface area contributed by atoms with Gasteiger partial charge in [-0.2, -0.15) is 0 Å². The fourth-order valence-electron chi connectivity index (χ4n) is 4.97. The second-order valence-electron chi connectivity index (χ2n) is 8.12. The largest absolute Gasteiger partial charge is 0.481 e. The Labute approximate surface area is 175 Å². The number of allylic oxidation sites excluding steroid dienone is 2. The minimum Gasteiger partial charge on any atom is -0.481 e. The van der Waals surface area contributed by atoms with Gasteiger partial charge < -0.3 is 15.6 Å². The molecule has 154 valence electrons. The van der Waals surface area contributed by atoms with Gasteiger partial charge in [0.05, 0.1) is 15.8 Å². The quantitative estimate of drug-likeness (QED) is 0.673. The Hall–Kier alpha value is -2.18. The van der Waals surface area contributed by atoms with E-state index in [-0.39, 0.29) is 12.3 Å². The minimum atomic E-state index is -0.770. The number of hydrogen-bond donors (Lipinski definition) is 2. The smallest absolute Gasteiger partial charge is 0.303 e. The van der Waals surface area contributed by atoms with Crippen LogP contribution in [0, 0.1) is 5.92 Å². The van der Waals surface area contributed by atoms with Crippen LogP contribution in [0.2, 0.25) is 0 Å². The zero-order valence-electron chi connectivity index (χ0n) is 16.8. The zero-order valence-corrected chi connectivity index (χ0v) is 17.6. The molecule has 2 atom stereocenters. The molecule has 2 aromatic rings. The van der Waals surface area contributed by atoms with E-state index in [4.69, 9.17) is 15.6 Å². The van der Waals surface area contributed by atoms with Gasteiger partial charge in [0.2, 0.25) is 0 Å². The van der Waals surface area contributed by atoms with E-state index >= 15 is 0 Å². The first-order chi connectivity index (χ1) is 14.0. The van der Waals surface area contributed by atoms with Gasteiger partial charge in [0.1, 0.15) is 0 Å². The lowest BCUT2D eigenvalue weighted by molar-refractivity contribution is -0.136. The molecule has 1 fully saturated rings. The van der Waals surface area contributed by atoms with Gasteiger partial charge in [-0.3, -0.25) is 4.79 Å². The molecule has 0 spiro atoms. The Balaban J connectivity index is 1.76. The number of nitrogens with two attached hydrogens (primary N) is 1. The van der Waals surface area contributed by atoms with Crippen LogP contribution in [-0.2, 0) is 9.53 Å². The second kappa shape index (κ2) is 8.28. The highest BCUT2D eigenvalue weighted by Gasteiger charge is 2.45. The Morgan fingerprint density at radius 3 is 2.86 bits per heavy atom. The molecule has 1 aromatic carbocycles. The van der Waals surface area contributed by atoms with Crippen molar-refractivity contribution < 1.29 is 14.6 Å². The predicted octanol–water partition coefficient (Wildman–Crippen LogP) is 5.29. The van der Waals surface area contributed by atoms with E-state index in [0.717, 1.165) is 28.6 Å². The van der Waals surface area contributed by atoms with Crippen LogP contribution in [0.25, 0.3) is 10.2 Å². The maximum Gasteiger partial charge on any atom is 0.303 e. The number of nitrogens with zero attached hydrogens (tertiary/aromatic N) is 1. The van der Waals surface area contributed by atoms with Crippen LogP contribution in [0.5, 0.6) is 0 Å². The monoisotopic (exact) mass is 412 g/mol. The number of anilines is 1. The number of carboxylic acids is 1. The Morgan fingerprint density at radius 2 is 2.14 bits per heavy atom. The molecule has 0 aliphatic heterocycles. The number of aromatic nitrogens is 1. The maximum absolute atomic E-state index is 11.1. The minimum absolute atomic E-state index is 0.0390. The number of fused-ring (bicyclic) bond motifs is 1. The summed E-state index contributed by atoms with van der Waals surface area (Å²) in [5.74, 6) is -0.285. The molecule has 1 aromatic heterocycles. The normalized spacial score (nSPS) is 25.3. The molecule has 0 amide bonds. The van der Waals surface area contributed by atoms with Crippen LogP contribution in [0.1, 0.15) is 56.4 Å². The summed E-state index contributed by atoms with van der Waals surface area (Å²) in [7, 11) is 1.81. The summed E-state index contributed by atoms with van der Waals surface area (Å²) >= 11 is 1.50. The van der Waals surface area contributed by atoms with Gasteiger partial charge in [-0.25, -0.2) is 4.98 Å². The highest BCUT2D eigenvalue weighted by Crippen LogP contribution is 2.48. The molecular weight excluding hydrogens is 384 g/mol. The topological polar surface area (TPSA) is 85.4 Å². The summed E-state index contributed by atoms with van der Waals surface area (Å²) in [6.07, 6.45) is 13.2. The number of benzene rings is 1. The fourth-order valence-corrected chi connectivity index (χ4v) is 5.76. The number of nitrogen functional groups attached to an aromatic ring is 1. The number of carboxylic acid groups (broad SMARTS) is 1. The summed E-state index contributed by atoms with van der Waals surface area (Å²) < 4.78 is 7.36. The average molecular weight is 413 g/mol. The van der Waals surface area contributed by atoms with Gasteiger partial charge in [0.15, 0.2) is 5.13 Å². The molecule has 3 N–H and O–H groups in total. The first-order valence-corrected chi connectivity index (χ1v) is 11.2. The van der Waals surface area contributed by atoms with Crippen molar-refractivity contribution in [3.63, 3.8) is 0 Å². The average Bonchev–Trinajstić information content (AvgIpc) is 3.11. The summed E-state index contributed by atoms with van der Waals surface area (Å²) in [6.45, 7) is 0. The van der Waals surface area contributed by atoms with E-state index in [1.807, 2.05) is 13.2 Å². The molecule has 2 aliphatic carbocycles. The van der Waals surface area contributed by atoms with Gasteiger partial charge in [-0.1, -0.05) is 60.5 Å². The highest BCUT2D eigenvalue weighted by atomic mass is 32.1. The molecule has 0 saturated heterocycles. The summed E-state index contributed by atoms with van der Waals surface area (Å²) in [6, 6.07) is 6.32. The molecule has 4 rings (SSSR count). The van der Waals surface area contributed by atoms with E-state index < -0.39 is 11.6 Å². The van der Waals surface area contributed by atoms with E-state index in [1.54, 1.807) is 0 Å². The van der Waals surface area contributed by atoms with Crippen LogP contribution >= 0.6 is 11.3 Å². The molecule has 5 nitrogen and oxygen atoms in total. The zero-order chi connectivity index (χ0) is 20.4. The van der Waals surface area contributed by atoms with E-state index in [9.17, 15) is 4.79 Å². The van der Waals surface area contributed by atoms with Crippen LogP contribution in [0.4, 0.5) is 5.13 Å². The lowest BCUT2D eigenvalue weighted by atomic mass is 9.66. The van der Waals surface area contributed by atoms with Crippen molar-refractivity contribution in [2.45, 2.75) is 56.5 Å². The summed E-state index contributed by atoms with van der Waals surface area (Å²) in [5.41, 5.74) is 8.65. The van der Waals surface area contributed by atoms with Crippen molar-refractivity contribution in [1.29, 1.82) is 0 Å². The molecule has 1 heterocycles. The van der Waals surface area contributed by atoms with Crippen molar-refractivity contribution in [2.24, 2.45) is 5.92 Å². The number of carbonyl (C=O) groups is 1. The lowest BCUT2D eigenvalue weighted by Gasteiger charge is -2.46. The van der Waals surface area contributed by atoms with Gasteiger partial charge in [-0.15, -0.1) is 0 Å². The molecule has 2 unspecified atom stereocenters. The van der Waals surface area contributed by atoms with Crippen LogP contribution < -0.4 is 5.73 Å². The number of aliphatic carboxylic acids is 1. The van der Waals surface area contributed by atoms with Crippen molar-refractivity contribution in [2.75, 3.05) is 12.8 Å². The van der Waals surface area contributed by atoms with Crippen molar-refractivity contribution >= 4 is 32.7 Å². The van der Waals surface area contributed by atoms with E-state index in [2.05, 4.69) is 35.3 Å². The van der Waals surface area contributed by atoms with Gasteiger partial charge in [0, 0.05) is 19.4 Å². The van der Waals surface area contributed by atoms with Crippen LogP contribution in [0.3, 0.4) is 0 Å². The van der Waals surface area contributed by atoms with Crippen LogP contribution in [0.15, 0.2) is 42.0 Å². The Morgan fingerprint density at radius 1 is 1.34 bits per heavy atom. The van der Waals surface area contributed by atoms with Gasteiger partial charge >= 0.3 is 5.97 Å². The number of thiazole rings is 1. The van der Waals surface area contributed by atoms with Crippen LogP contribution in [-0.4, -0.2) is 28.8 Å². The van der Waals surface area contributed by atoms with Gasteiger partial charge in [-0.05, 0) is 42.9 Å². The SMILES string of the molecule is COC1(C2CCCCC2)C=CC(CCC(=O)O)=CC1c1ccc2nc(N)sc2c1. The third-order valence-corrected chi connectivity index (χ3v) is 7.28. The molecule has 2 aliphatic rings. The molecular formula is C23H28N2O3S. The van der Waals surface area contributed by atoms with Crippen molar-refractivity contribution in [3.8, 4) is 0 Å². The number of ether oxygens (including phenoxy) is 1. The van der Waals surface area contributed by atoms with E-state index in [0.29, 0.717) is 17.5 Å². The van der Waals surface area contributed by atoms with Crippen molar-refractivity contribution in [3.05, 3.63) is 47.6 Å². The predicted molar refractivity (Wildman–Crippen MR) is 117 cm³/mol. The molecule has 6 heteroatoms. The number of hydrogen-bond acceptors (Lipinski definition) is 5. The Bertz CT molecular complexity index is 958. The second-order valence-corrected chi connectivity index (χ2v) is 9.18. The highest BCUT2D eigenvalue weighted by molar-refractivity contribution is 7.22. The third kappa shape index (κ3) is 3.96. The van der Waals surface area contributed by atoms with Crippen molar-refractivity contribution in [1.82, 2.24) is 4.98 Å². The Kier molecular flexibility index (Phi) is 5.74. The standard InChI is InChI=1S/C23H28N2O3S/c1-28-23(17-5-3-2-4-6-17)12-11-15(7-10-21(26)27)13-18(23)16-8-9-19-20(14-16)29-22(24)25-19/h8-9,11-14,17-18H,2-7,10H2,1H3,(H2,24,25)(H,26,27). The molecule has 0 bridgehead atoms. The lowest BCUT2D eigenvalue weighted by Crippen LogP contribution is -2.45. The molecule has 0 radical (unpaired) electrons. The molecule has 29 heavy (non-hydrogen) atoms. The maximum atomic E-state index is 11.1. The fraction of sp³-hybridized carbons (Fsp3) is 0.478. The number of methoxy groups -OCH3 is 1. The summed E-state index contributed by atoms with van der Waals surface area (Å²) in [5, 5.41) is 9.68. The first kappa shape index (κ1) is 20.1. The van der Waals surface area contributed by atoms with E-state index in [1.165, 1.54) is 36.2 Å². The molecule has 1 saturated carbocycles. The summed E-state index contributed by atoms with van der Waals surface area (Å²) in [4.78, 5) is 15.5. The van der Waals surface area contributed by atoms with Gasteiger partial charge in [0.25, 0.3) is 0 Å². The first-order valence-electron chi connectivity index (χ1n) is 10.3. The number of rotatable bonds is 6.